The number of rotatable bonds is 6. The number of nitrogens with one attached hydrogen (secondary N) is 2. The Morgan fingerprint density at radius 2 is 2.25 bits per heavy atom. The van der Waals surface area contributed by atoms with Crippen molar-refractivity contribution in [1.82, 2.24) is 19.2 Å². The monoisotopic (exact) mass is 246 g/mol. The summed E-state index contributed by atoms with van der Waals surface area (Å²) in [6, 6.07) is 0. The van der Waals surface area contributed by atoms with E-state index in [9.17, 15) is 8.42 Å². The summed E-state index contributed by atoms with van der Waals surface area (Å²) in [6.07, 6.45) is 3.28. The smallest absolute Gasteiger partial charge is 0.279 e. The lowest BCUT2D eigenvalue weighted by Crippen LogP contribution is -2.39. The van der Waals surface area contributed by atoms with Gasteiger partial charge in [-0.1, -0.05) is 13.8 Å². The van der Waals surface area contributed by atoms with Gasteiger partial charge in [0.25, 0.3) is 10.2 Å². The Morgan fingerprint density at radius 3 is 2.75 bits per heavy atom. The molecule has 0 saturated carbocycles. The number of aromatic amines is 1. The zero-order valence-electron chi connectivity index (χ0n) is 9.77. The maximum Gasteiger partial charge on any atom is 0.279 e. The van der Waals surface area contributed by atoms with Crippen LogP contribution >= 0.6 is 0 Å². The van der Waals surface area contributed by atoms with Gasteiger partial charge in [-0.15, -0.1) is 0 Å². The highest BCUT2D eigenvalue weighted by molar-refractivity contribution is 7.87. The molecule has 0 spiro atoms. The molecule has 92 valence electrons. The van der Waals surface area contributed by atoms with Crippen molar-refractivity contribution in [3.63, 3.8) is 0 Å². The van der Waals surface area contributed by atoms with Crippen LogP contribution in [0.25, 0.3) is 0 Å². The Hall–Kier alpha value is -0.920. The summed E-state index contributed by atoms with van der Waals surface area (Å²) in [5.74, 6) is 0.289. The topological polar surface area (TPSA) is 78.1 Å². The molecule has 16 heavy (non-hydrogen) atoms. The van der Waals surface area contributed by atoms with Crippen molar-refractivity contribution in [2.75, 3.05) is 13.6 Å². The van der Waals surface area contributed by atoms with E-state index in [1.165, 1.54) is 11.4 Å². The Bertz CT molecular complexity index is 399. The second kappa shape index (κ2) is 5.42. The summed E-state index contributed by atoms with van der Waals surface area (Å²) in [5, 5.41) is 6.41. The zero-order valence-corrected chi connectivity index (χ0v) is 10.6. The minimum Gasteiger partial charge on any atom is -0.285 e. The Morgan fingerprint density at radius 1 is 1.56 bits per heavy atom. The van der Waals surface area contributed by atoms with Gasteiger partial charge in [-0.3, -0.25) is 5.10 Å². The summed E-state index contributed by atoms with van der Waals surface area (Å²) < 4.78 is 27.3. The predicted octanol–water partition coefficient (Wildman–Crippen LogP) is 0.332. The van der Waals surface area contributed by atoms with Crippen LogP contribution in [0.2, 0.25) is 0 Å². The fourth-order valence-electron chi connectivity index (χ4n) is 1.09. The van der Waals surface area contributed by atoms with Gasteiger partial charge < -0.3 is 0 Å². The molecule has 1 aromatic rings. The number of nitrogens with zero attached hydrogens (tertiary/aromatic N) is 2. The van der Waals surface area contributed by atoms with E-state index >= 15 is 0 Å². The number of hydrogen-bond donors (Lipinski definition) is 2. The fourth-order valence-corrected chi connectivity index (χ4v) is 2.17. The van der Waals surface area contributed by atoms with Crippen molar-refractivity contribution in [3.8, 4) is 0 Å². The van der Waals surface area contributed by atoms with Gasteiger partial charge in [0.2, 0.25) is 0 Å². The normalized spacial score (nSPS) is 12.6. The van der Waals surface area contributed by atoms with Crippen LogP contribution in [0.5, 0.6) is 0 Å². The van der Waals surface area contributed by atoms with Crippen LogP contribution in [0.15, 0.2) is 12.4 Å². The molecule has 6 nitrogen and oxygen atoms in total. The maximum absolute atomic E-state index is 11.7. The third-order valence-corrected chi connectivity index (χ3v) is 3.53. The first-order chi connectivity index (χ1) is 7.42. The average molecular weight is 246 g/mol. The molecule has 0 fully saturated rings. The highest BCUT2D eigenvalue weighted by atomic mass is 32.2. The fraction of sp³-hybridized carbons (Fsp3) is 0.667. The molecule has 0 radical (unpaired) electrons. The first-order valence-corrected chi connectivity index (χ1v) is 6.54. The molecular formula is C9H18N4O2S. The molecule has 0 aliphatic heterocycles. The molecule has 1 heterocycles. The van der Waals surface area contributed by atoms with Gasteiger partial charge in [0.15, 0.2) is 0 Å². The van der Waals surface area contributed by atoms with Gasteiger partial charge in [-0.2, -0.15) is 17.8 Å². The van der Waals surface area contributed by atoms with E-state index in [0.717, 1.165) is 5.56 Å². The predicted molar refractivity (Wildman–Crippen MR) is 61.8 cm³/mol. The maximum atomic E-state index is 11.7. The van der Waals surface area contributed by atoms with Gasteiger partial charge in [-0.05, 0) is 5.92 Å². The number of aromatic nitrogens is 2. The van der Waals surface area contributed by atoms with E-state index in [1.54, 1.807) is 12.4 Å². The lowest BCUT2D eigenvalue weighted by molar-refractivity contribution is 0.449. The van der Waals surface area contributed by atoms with E-state index in [-0.39, 0.29) is 5.92 Å². The average Bonchev–Trinajstić information content (AvgIpc) is 2.67. The number of hydrogen-bond acceptors (Lipinski definition) is 3. The first kappa shape index (κ1) is 13.1. The minimum absolute atomic E-state index is 0.289. The molecule has 0 unspecified atom stereocenters. The van der Waals surface area contributed by atoms with Crippen molar-refractivity contribution in [3.05, 3.63) is 18.0 Å². The molecule has 0 bridgehead atoms. The van der Waals surface area contributed by atoms with E-state index in [0.29, 0.717) is 13.1 Å². The standard InChI is InChI=1S/C9H18N4O2S/c1-8(2)4-12-16(14,15)13(3)7-9-5-10-11-6-9/h5-6,8,12H,4,7H2,1-3H3,(H,10,11). The van der Waals surface area contributed by atoms with Crippen molar-refractivity contribution >= 4 is 10.2 Å². The van der Waals surface area contributed by atoms with Crippen molar-refractivity contribution in [2.45, 2.75) is 20.4 Å². The Balaban J connectivity index is 2.55. The van der Waals surface area contributed by atoms with Crippen LogP contribution in [0.1, 0.15) is 19.4 Å². The van der Waals surface area contributed by atoms with Crippen LogP contribution < -0.4 is 4.72 Å². The molecule has 0 aliphatic carbocycles. The molecule has 1 rings (SSSR count). The summed E-state index contributed by atoms with van der Waals surface area (Å²) in [5.41, 5.74) is 0.831. The lowest BCUT2D eigenvalue weighted by atomic mass is 10.2. The van der Waals surface area contributed by atoms with Gasteiger partial charge in [0.1, 0.15) is 0 Å². The van der Waals surface area contributed by atoms with Gasteiger partial charge in [0.05, 0.1) is 6.20 Å². The molecule has 0 aliphatic rings. The molecule has 7 heteroatoms. The SMILES string of the molecule is CC(C)CNS(=O)(=O)N(C)Cc1cn[nH]c1. The molecule has 0 saturated heterocycles. The van der Waals surface area contributed by atoms with Gasteiger partial charge in [0, 0.05) is 31.9 Å². The van der Waals surface area contributed by atoms with Crippen molar-refractivity contribution < 1.29 is 8.42 Å². The summed E-state index contributed by atoms with van der Waals surface area (Å²) in [7, 11) is -1.85. The molecule has 0 aromatic carbocycles. The zero-order chi connectivity index (χ0) is 12.2. The van der Waals surface area contributed by atoms with Crippen LogP contribution in [0.3, 0.4) is 0 Å². The second-order valence-electron chi connectivity index (χ2n) is 4.11. The largest absolute Gasteiger partial charge is 0.285 e. The Kier molecular flexibility index (Phi) is 4.45. The molecular weight excluding hydrogens is 228 g/mol. The summed E-state index contributed by atoms with van der Waals surface area (Å²) in [4.78, 5) is 0. The van der Waals surface area contributed by atoms with Crippen molar-refractivity contribution in [1.29, 1.82) is 0 Å². The quantitative estimate of drug-likeness (QED) is 0.759. The molecule has 2 N–H and O–H groups in total. The third-order valence-electron chi connectivity index (χ3n) is 2.04. The second-order valence-corrected chi connectivity index (χ2v) is 5.97. The van der Waals surface area contributed by atoms with Gasteiger partial charge in [-0.25, -0.2) is 4.72 Å². The highest BCUT2D eigenvalue weighted by Crippen LogP contribution is 2.03. The summed E-state index contributed by atoms with van der Waals surface area (Å²) >= 11 is 0. The van der Waals surface area contributed by atoms with E-state index < -0.39 is 10.2 Å². The number of H-pyrrole nitrogens is 1. The van der Waals surface area contributed by atoms with Crippen LogP contribution in [-0.2, 0) is 16.8 Å². The van der Waals surface area contributed by atoms with E-state index in [2.05, 4.69) is 14.9 Å². The Labute approximate surface area is 96.2 Å². The van der Waals surface area contributed by atoms with Crippen molar-refractivity contribution in [2.24, 2.45) is 5.92 Å². The summed E-state index contributed by atoms with van der Waals surface area (Å²) in [6.45, 7) is 4.67. The molecule has 0 amide bonds. The highest BCUT2D eigenvalue weighted by Gasteiger charge is 2.17. The molecule has 1 aromatic heterocycles. The van der Waals surface area contributed by atoms with E-state index in [4.69, 9.17) is 0 Å². The van der Waals surface area contributed by atoms with Gasteiger partial charge >= 0.3 is 0 Å². The van der Waals surface area contributed by atoms with Crippen LogP contribution in [0.4, 0.5) is 0 Å². The lowest BCUT2D eigenvalue weighted by Gasteiger charge is -2.17. The minimum atomic E-state index is -3.39. The van der Waals surface area contributed by atoms with E-state index in [1.807, 2.05) is 13.8 Å². The van der Waals surface area contributed by atoms with Crippen LogP contribution in [0, 0.1) is 5.92 Å². The van der Waals surface area contributed by atoms with Crippen LogP contribution in [-0.4, -0.2) is 36.5 Å². The third kappa shape index (κ3) is 3.92. The first-order valence-electron chi connectivity index (χ1n) is 5.10. The molecule has 0 atom stereocenters.